The number of methoxy groups -OCH3 is 2. The topological polar surface area (TPSA) is 90.9 Å². The van der Waals surface area contributed by atoms with Gasteiger partial charge in [-0.2, -0.15) is 0 Å². The van der Waals surface area contributed by atoms with E-state index in [0.717, 1.165) is 0 Å². The number of ether oxygens (including phenoxy) is 8. The molecule has 4 unspecified atom stereocenters. The summed E-state index contributed by atoms with van der Waals surface area (Å²) in [4.78, 5) is 13.7. The number of benzene rings is 2. The van der Waals surface area contributed by atoms with Crippen LogP contribution in [0, 0.1) is 0 Å². The Morgan fingerprint density at radius 1 is 0.730 bits per heavy atom. The molecule has 9 nitrogen and oxygen atoms in total. The molecule has 0 amide bonds. The zero-order valence-electron chi connectivity index (χ0n) is 22.9. The first kappa shape index (κ1) is 30.6. The normalized spacial score (nSPS) is 13.7. The van der Waals surface area contributed by atoms with Crippen molar-refractivity contribution in [1.29, 1.82) is 0 Å². The Morgan fingerprint density at radius 3 is 1.57 bits per heavy atom. The maximum atomic E-state index is 13.7. The molecule has 0 aliphatic heterocycles. The lowest BCUT2D eigenvalue weighted by Crippen LogP contribution is -2.24. The molecule has 0 heterocycles. The number of hydrogen-bond donors (Lipinski definition) is 0. The van der Waals surface area contributed by atoms with Gasteiger partial charge in [0.15, 0.2) is 24.4 Å². The van der Waals surface area contributed by atoms with Crippen LogP contribution in [0.2, 0.25) is 0 Å². The minimum Gasteiger partial charge on any atom is -0.496 e. The highest BCUT2D eigenvalue weighted by atomic mass is 31.1. The largest absolute Gasteiger partial charge is 0.496 e. The third kappa shape index (κ3) is 9.04. The molecular weight excluding hydrogens is 499 g/mol. The number of rotatable bonds is 17. The van der Waals surface area contributed by atoms with E-state index < -0.39 is 27.5 Å². The van der Waals surface area contributed by atoms with Crippen molar-refractivity contribution in [2.45, 2.75) is 60.4 Å². The van der Waals surface area contributed by atoms with Crippen molar-refractivity contribution in [2.24, 2.45) is 0 Å². The van der Waals surface area contributed by atoms with E-state index in [-0.39, 0.29) is 5.52 Å². The maximum absolute atomic E-state index is 13.7. The van der Waals surface area contributed by atoms with Crippen molar-refractivity contribution in [3.05, 3.63) is 35.9 Å². The standard InChI is InChI=1S/C27H39O9P/c1-9-31-17(4)34-20-15-23(35-18(5)32-10-2)26(24(16-20)36-19(6)33-11-3)37-27(28)25-21(29-7)13-12-14-22(25)30-8/h12-19,37H,9-11H2,1-8H3. The maximum Gasteiger partial charge on any atom is 0.197 e. The van der Waals surface area contributed by atoms with Crippen LogP contribution >= 0.6 is 8.58 Å². The Bertz CT molecular complexity index is 941. The van der Waals surface area contributed by atoms with Crippen LogP contribution in [-0.2, 0) is 14.2 Å². The molecule has 0 aliphatic carbocycles. The lowest BCUT2D eigenvalue weighted by atomic mass is 10.2. The van der Waals surface area contributed by atoms with Gasteiger partial charge in [-0.25, -0.2) is 0 Å². The zero-order valence-corrected chi connectivity index (χ0v) is 23.9. The highest BCUT2D eigenvalue weighted by Gasteiger charge is 2.25. The SMILES string of the molecule is CCOC(C)Oc1cc(OC(C)OCC)c(PC(=O)c2c(OC)cccc2OC)c(OC(C)OCC)c1. The van der Waals surface area contributed by atoms with Crippen molar-refractivity contribution in [1.82, 2.24) is 0 Å². The van der Waals surface area contributed by atoms with Gasteiger partial charge < -0.3 is 37.9 Å². The monoisotopic (exact) mass is 538 g/mol. The van der Waals surface area contributed by atoms with Crippen molar-refractivity contribution in [3.63, 3.8) is 0 Å². The summed E-state index contributed by atoms with van der Waals surface area (Å²) >= 11 is 0. The van der Waals surface area contributed by atoms with Gasteiger partial charge in [-0.15, -0.1) is 0 Å². The minimum absolute atomic E-state index is 0.214. The summed E-state index contributed by atoms with van der Waals surface area (Å²) in [6, 6.07) is 8.61. The molecule has 0 saturated heterocycles. The fourth-order valence-electron chi connectivity index (χ4n) is 3.55. The third-order valence-corrected chi connectivity index (χ3v) is 6.24. The second-order valence-electron chi connectivity index (χ2n) is 7.71. The first-order chi connectivity index (χ1) is 17.8. The van der Waals surface area contributed by atoms with Gasteiger partial charge in [0.1, 0.15) is 34.3 Å². The van der Waals surface area contributed by atoms with E-state index in [1.807, 2.05) is 20.8 Å². The smallest absolute Gasteiger partial charge is 0.197 e. The molecule has 0 saturated carbocycles. The molecule has 0 spiro atoms. The average molecular weight is 539 g/mol. The minimum atomic E-state index is -0.582. The number of hydrogen-bond acceptors (Lipinski definition) is 9. The van der Waals surface area contributed by atoms with Gasteiger partial charge in [0, 0.05) is 32.0 Å². The van der Waals surface area contributed by atoms with Crippen LogP contribution < -0.4 is 29.0 Å². The Balaban J connectivity index is 2.61. The van der Waals surface area contributed by atoms with Gasteiger partial charge in [0.2, 0.25) is 0 Å². The second kappa shape index (κ2) is 15.6. The summed E-state index contributed by atoms with van der Waals surface area (Å²) in [5.74, 6) is 2.06. The predicted molar refractivity (Wildman–Crippen MR) is 143 cm³/mol. The van der Waals surface area contributed by atoms with Gasteiger partial charge in [0.05, 0.1) is 19.5 Å². The highest BCUT2D eigenvalue weighted by Crippen LogP contribution is 2.39. The van der Waals surface area contributed by atoms with Crippen LogP contribution in [0.1, 0.15) is 51.9 Å². The van der Waals surface area contributed by atoms with Crippen molar-refractivity contribution in [3.8, 4) is 28.7 Å². The van der Waals surface area contributed by atoms with Crippen LogP contribution in [0.5, 0.6) is 28.7 Å². The molecule has 206 valence electrons. The fourth-order valence-corrected chi connectivity index (χ4v) is 4.66. The van der Waals surface area contributed by atoms with Crippen LogP contribution in [0.25, 0.3) is 0 Å². The lowest BCUT2D eigenvalue weighted by molar-refractivity contribution is -0.0678. The summed E-state index contributed by atoms with van der Waals surface area (Å²) in [6.45, 7) is 12.4. The Morgan fingerprint density at radius 2 is 1.16 bits per heavy atom. The average Bonchev–Trinajstić information content (AvgIpc) is 2.85. The van der Waals surface area contributed by atoms with E-state index in [0.29, 0.717) is 59.4 Å². The summed E-state index contributed by atoms with van der Waals surface area (Å²) in [5.41, 5.74) is 0.122. The molecule has 0 aliphatic rings. The summed E-state index contributed by atoms with van der Waals surface area (Å²) in [7, 11) is 2.62. The summed E-state index contributed by atoms with van der Waals surface area (Å²) in [5, 5.41) is 0.535. The van der Waals surface area contributed by atoms with E-state index in [1.54, 1.807) is 51.1 Å². The van der Waals surface area contributed by atoms with E-state index >= 15 is 0 Å². The van der Waals surface area contributed by atoms with Crippen molar-refractivity contribution >= 4 is 19.4 Å². The molecule has 2 aromatic carbocycles. The Labute approximate surface area is 221 Å². The molecule has 0 bridgehead atoms. The summed E-state index contributed by atoms with van der Waals surface area (Å²) in [6.07, 6.45) is -1.67. The first-order valence-electron chi connectivity index (χ1n) is 12.3. The molecule has 2 aromatic rings. The van der Waals surface area contributed by atoms with E-state index in [4.69, 9.17) is 37.9 Å². The summed E-state index contributed by atoms with van der Waals surface area (Å²) < 4.78 is 45.9. The van der Waals surface area contributed by atoms with Gasteiger partial charge >= 0.3 is 0 Å². The Kier molecular flexibility index (Phi) is 12.9. The zero-order chi connectivity index (χ0) is 27.4. The molecular formula is C27H39O9P. The van der Waals surface area contributed by atoms with E-state index in [1.165, 1.54) is 14.2 Å². The quantitative estimate of drug-likeness (QED) is 0.201. The lowest BCUT2D eigenvalue weighted by Gasteiger charge is -2.24. The fraction of sp³-hybridized carbons (Fsp3) is 0.519. The van der Waals surface area contributed by atoms with Crippen molar-refractivity contribution < 1.29 is 42.7 Å². The van der Waals surface area contributed by atoms with Gasteiger partial charge in [-0.1, -0.05) is 6.07 Å². The van der Waals surface area contributed by atoms with Gasteiger partial charge in [-0.05, 0) is 62.3 Å². The van der Waals surface area contributed by atoms with Gasteiger partial charge in [-0.3, -0.25) is 4.79 Å². The third-order valence-electron chi connectivity index (χ3n) is 5.02. The molecule has 0 fully saturated rings. The highest BCUT2D eigenvalue weighted by molar-refractivity contribution is 7.66. The molecule has 0 radical (unpaired) electrons. The van der Waals surface area contributed by atoms with E-state index in [2.05, 4.69) is 0 Å². The molecule has 10 heteroatoms. The predicted octanol–water partition coefficient (Wildman–Crippen LogP) is 5.13. The van der Waals surface area contributed by atoms with Gasteiger partial charge in [0.25, 0.3) is 0 Å². The number of carbonyl (C=O) groups excluding carboxylic acids is 1. The second-order valence-corrected chi connectivity index (χ2v) is 8.91. The van der Waals surface area contributed by atoms with Crippen LogP contribution in [-0.4, -0.2) is 58.4 Å². The van der Waals surface area contributed by atoms with Crippen LogP contribution in [0.15, 0.2) is 30.3 Å². The Hall–Kier alpha value is -2.58. The first-order valence-corrected chi connectivity index (χ1v) is 13.3. The van der Waals surface area contributed by atoms with Crippen LogP contribution in [0.3, 0.4) is 0 Å². The molecule has 4 atom stereocenters. The molecule has 37 heavy (non-hydrogen) atoms. The molecule has 0 aromatic heterocycles. The van der Waals surface area contributed by atoms with Crippen LogP contribution in [0.4, 0.5) is 0 Å². The number of carbonyl (C=O) groups is 1. The van der Waals surface area contributed by atoms with E-state index in [9.17, 15) is 4.79 Å². The molecule has 2 rings (SSSR count). The molecule has 0 N–H and O–H groups in total. The van der Waals surface area contributed by atoms with Crippen molar-refractivity contribution in [2.75, 3.05) is 34.0 Å².